The molecule has 1 N–H and O–H groups in total. The van der Waals surface area contributed by atoms with Crippen LogP contribution >= 0.6 is 0 Å². The Labute approximate surface area is 83.8 Å². The number of halogens is 1. The molecule has 1 aromatic carbocycles. The van der Waals surface area contributed by atoms with E-state index in [0.29, 0.717) is 16.6 Å². The maximum absolute atomic E-state index is 13.1. The molecule has 0 aliphatic rings. The van der Waals surface area contributed by atoms with Crippen LogP contribution in [-0.4, -0.2) is 9.38 Å². The van der Waals surface area contributed by atoms with Gasteiger partial charge >= 0.3 is 0 Å². The molecular weight excluding hydrogens is 195 g/mol. The van der Waals surface area contributed by atoms with E-state index in [1.807, 2.05) is 0 Å². The first-order valence-electron chi connectivity index (χ1n) is 4.54. The van der Waals surface area contributed by atoms with Gasteiger partial charge in [-0.25, -0.2) is 4.39 Å². The lowest BCUT2D eigenvalue weighted by Gasteiger charge is -2.02. The van der Waals surface area contributed by atoms with Crippen LogP contribution in [0.1, 0.15) is 0 Å². The van der Waals surface area contributed by atoms with E-state index < -0.39 is 0 Å². The van der Waals surface area contributed by atoms with E-state index in [2.05, 4.69) is 4.98 Å². The molecule has 0 unspecified atom stereocenters. The van der Waals surface area contributed by atoms with Crippen molar-refractivity contribution in [2.45, 2.75) is 0 Å². The number of nitrogens with one attached hydrogen (secondary N) is 1. The first-order chi connectivity index (χ1) is 7.25. The van der Waals surface area contributed by atoms with Crippen molar-refractivity contribution in [3.63, 3.8) is 0 Å². The Bertz CT molecular complexity index is 711. The molecule has 0 atom stereocenters. The van der Waals surface area contributed by atoms with E-state index in [4.69, 9.17) is 0 Å². The lowest BCUT2D eigenvalue weighted by molar-refractivity contribution is 0.629. The molecule has 0 bridgehead atoms. The summed E-state index contributed by atoms with van der Waals surface area (Å²) in [4.78, 5) is 14.3. The summed E-state index contributed by atoms with van der Waals surface area (Å²) in [6.45, 7) is 0. The fourth-order valence-electron chi connectivity index (χ4n) is 1.77. The predicted molar refractivity (Wildman–Crippen MR) is 55.5 cm³/mol. The Morgan fingerprint density at radius 3 is 2.93 bits per heavy atom. The minimum Gasteiger partial charge on any atom is -0.319 e. The van der Waals surface area contributed by atoms with Crippen molar-refractivity contribution in [1.82, 2.24) is 9.38 Å². The molecule has 2 heterocycles. The molecule has 15 heavy (non-hydrogen) atoms. The van der Waals surface area contributed by atoms with Crippen LogP contribution in [0.4, 0.5) is 4.39 Å². The number of H-pyrrole nitrogens is 1. The highest BCUT2D eigenvalue weighted by Crippen LogP contribution is 2.13. The first-order valence-corrected chi connectivity index (χ1v) is 4.54. The number of hydrogen-bond donors (Lipinski definition) is 1. The quantitative estimate of drug-likeness (QED) is 0.594. The van der Waals surface area contributed by atoms with Gasteiger partial charge in [-0.3, -0.25) is 4.79 Å². The second kappa shape index (κ2) is 2.70. The smallest absolute Gasteiger partial charge is 0.272 e. The highest BCUT2D eigenvalue weighted by atomic mass is 19.1. The van der Waals surface area contributed by atoms with Gasteiger partial charge in [-0.05, 0) is 30.3 Å². The topological polar surface area (TPSA) is 37.3 Å². The van der Waals surface area contributed by atoms with E-state index in [-0.39, 0.29) is 11.4 Å². The molecule has 0 aliphatic heterocycles. The molecule has 3 nitrogen and oxygen atoms in total. The maximum atomic E-state index is 13.1. The average Bonchev–Trinajstić information content (AvgIpc) is 2.69. The Kier molecular flexibility index (Phi) is 1.48. The molecule has 0 saturated heterocycles. The van der Waals surface area contributed by atoms with Gasteiger partial charge in [-0.15, -0.1) is 0 Å². The van der Waals surface area contributed by atoms with Crippen LogP contribution in [0.25, 0.3) is 16.6 Å². The highest BCUT2D eigenvalue weighted by molar-refractivity contribution is 5.78. The Morgan fingerprint density at radius 2 is 2.07 bits per heavy atom. The second-order valence-electron chi connectivity index (χ2n) is 3.38. The van der Waals surface area contributed by atoms with Gasteiger partial charge in [0.05, 0.1) is 11.0 Å². The maximum Gasteiger partial charge on any atom is 0.272 e. The average molecular weight is 202 g/mol. The van der Waals surface area contributed by atoms with Crippen LogP contribution in [0.5, 0.6) is 0 Å². The first kappa shape index (κ1) is 8.23. The van der Waals surface area contributed by atoms with E-state index >= 15 is 0 Å². The van der Waals surface area contributed by atoms with E-state index in [0.717, 1.165) is 0 Å². The summed E-state index contributed by atoms with van der Waals surface area (Å²) in [6.07, 6.45) is 1.74. The van der Waals surface area contributed by atoms with Crippen LogP contribution in [0.15, 0.2) is 41.3 Å². The van der Waals surface area contributed by atoms with E-state index in [9.17, 15) is 9.18 Å². The van der Waals surface area contributed by atoms with Crippen molar-refractivity contribution in [2.24, 2.45) is 0 Å². The lowest BCUT2D eigenvalue weighted by atomic mass is 10.3. The molecule has 3 aromatic rings. The van der Waals surface area contributed by atoms with Gasteiger partial charge in [-0.2, -0.15) is 0 Å². The zero-order valence-electron chi connectivity index (χ0n) is 7.70. The minimum absolute atomic E-state index is 0.167. The molecule has 0 fully saturated rings. The zero-order valence-corrected chi connectivity index (χ0v) is 7.70. The molecule has 74 valence electrons. The van der Waals surface area contributed by atoms with Crippen LogP contribution in [0.3, 0.4) is 0 Å². The minimum atomic E-state index is -0.315. The number of rotatable bonds is 0. The summed E-state index contributed by atoms with van der Waals surface area (Å²) in [6, 6.07) is 7.75. The van der Waals surface area contributed by atoms with Crippen LogP contribution in [0, 0.1) is 5.82 Å². The van der Waals surface area contributed by atoms with Crippen molar-refractivity contribution in [1.29, 1.82) is 0 Å². The summed E-state index contributed by atoms with van der Waals surface area (Å²) in [5, 5.41) is 0. The molecule has 0 amide bonds. The normalized spacial score (nSPS) is 11.3. The Balaban J connectivity index is 2.67. The molecule has 0 aliphatic carbocycles. The number of hydrogen-bond acceptors (Lipinski definition) is 1. The third-order valence-corrected chi connectivity index (χ3v) is 2.45. The predicted octanol–water partition coefficient (Wildman–Crippen LogP) is 1.92. The van der Waals surface area contributed by atoms with Crippen molar-refractivity contribution in [3.8, 4) is 0 Å². The van der Waals surface area contributed by atoms with Crippen LogP contribution in [-0.2, 0) is 0 Å². The summed E-state index contributed by atoms with van der Waals surface area (Å²) >= 11 is 0. The van der Waals surface area contributed by atoms with Gasteiger partial charge in [0, 0.05) is 6.20 Å². The fraction of sp³-hybridized carbons (Fsp3) is 0. The molecule has 0 spiro atoms. The summed E-state index contributed by atoms with van der Waals surface area (Å²) in [5.41, 5.74) is 1.65. The number of nitrogens with zero attached hydrogens (tertiary/aromatic N) is 1. The van der Waals surface area contributed by atoms with Gasteiger partial charge in [0.25, 0.3) is 5.56 Å². The van der Waals surface area contributed by atoms with E-state index in [1.54, 1.807) is 28.8 Å². The van der Waals surface area contributed by atoms with Crippen LogP contribution in [0.2, 0.25) is 0 Å². The fourth-order valence-corrected chi connectivity index (χ4v) is 1.77. The molecular formula is C11H7FN2O. The van der Waals surface area contributed by atoms with Crippen molar-refractivity contribution < 1.29 is 4.39 Å². The third kappa shape index (κ3) is 1.08. The Morgan fingerprint density at radius 1 is 1.20 bits per heavy atom. The summed E-state index contributed by atoms with van der Waals surface area (Å²) in [5.74, 6) is -0.315. The number of aromatic amines is 1. The van der Waals surface area contributed by atoms with Crippen LogP contribution < -0.4 is 5.56 Å². The molecule has 0 saturated carbocycles. The molecule has 2 aromatic heterocycles. The van der Waals surface area contributed by atoms with E-state index in [1.165, 1.54) is 12.1 Å². The summed E-state index contributed by atoms with van der Waals surface area (Å²) < 4.78 is 14.7. The number of fused-ring (bicyclic) bond motifs is 3. The highest BCUT2D eigenvalue weighted by Gasteiger charge is 2.04. The second-order valence-corrected chi connectivity index (χ2v) is 3.38. The van der Waals surface area contributed by atoms with Crippen molar-refractivity contribution >= 4 is 16.6 Å². The van der Waals surface area contributed by atoms with Gasteiger partial charge < -0.3 is 9.38 Å². The van der Waals surface area contributed by atoms with Gasteiger partial charge in [-0.1, -0.05) is 0 Å². The lowest BCUT2D eigenvalue weighted by Crippen LogP contribution is -2.09. The molecule has 0 radical (unpaired) electrons. The van der Waals surface area contributed by atoms with Crippen molar-refractivity contribution in [2.75, 3.05) is 0 Å². The Hall–Kier alpha value is -2.10. The SMILES string of the molecule is O=c1[nH]c2ccc(F)cc2n2cccc12. The van der Waals surface area contributed by atoms with Crippen molar-refractivity contribution in [3.05, 3.63) is 52.7 Å². The largest absolute Gasteiger partial charge is 0.319 e. The molecule has 3 rings (SSSR count). The zero-order chi connectivity index (χ0) is 10.4. The molecule has 4 heteroatoms. The van der Waals surface area contributed by atoms with Gasteiger partial charge in [0.1, 0.15) is 11.3 Å². The number of aromatic nitrogens is 2. The summed E-state index contributed by atoms with van der Waals surface area (Å²) in [7, 11) is 0. The van der Waals surface area contributed by atoms with Gasteiger partial charge in [0.2, 0.25) is 0 Å². The number of benzene rings is 1. The standard InChI is InChI=1S/C11H7FN2O/c12-7-3-4-8-10(6-7)14-5-1-2-9(14)11(15)13-8/h1-6H,(H,13,15). The third-order valence-electron chi connectivity index (χ3n) is 2.45. The monoisotopic (exact) mass is 202 g/mol. The van der Waals surface area contributed by atoms with Gasteiger partial charge in [0.15, 0.2) is 0 Å².